The summed E-state index contributed by atoms with van der Waals surface area (Å²) in [6.45, 7) is 2.08. The van der Waals surface area contributed by atoms with Crippen molar-refractivity contribution in [2.75, 3.05) is 41.0 Å². The van der Waals surface area contributed by atoms with Crippen molar-refractivity contribution in [3.05, 3.63) is 23.8 Å². The number of methoxy groups -OCH3 is 3. The van der Waals surface area contributed by atoms with Gasteiger partial charge < -0.3 is 19.1 Å². The summed E-state index contributed by atoms with van der Waals surface area (Å²) < 4.78 is 16.2. The monoisotopic (exact) mass is 333 g/mol. The smallest absolute Gasteiger partial charge is 0.231 e. The van der Waals surface area contributed by atoms with Crippen molar-refractivity contribution in [2.45, 2.75) is 31.6 Å². The van der Waals surface area contributed by atoms with Crippen molar-refractivity contribution in [1.82, 2.24) is 4.90 Å². The van der Waals surface area contributed by atoms with Crippen LogP contribution in [0.4, 0.5) is 0 Å². The topological polar surface area (TPSA) is 48.0 Å². The molecule has 1 heterocycles. The maximum Gasteiger partial charge on any atom is 0.231 e. The van der Waals surface area contributed by atoms with E-state index in [9.17, 15) is 4.79 Å². The molecule has 0 radical (unpaired) electrons. The normalized spacial score (nSPS) is 22.1. The van der Waals surface area contributed by atoms with Crippen molar-refractivity contribution < 1.29 is 19.0 Å². The number of rotatable bonds is 6. The van der Waals surface area contributed by atoms with Crippen LogP contribution in [0.2, 0.25) is 0 Å². The average molecular weight is 333 g/mol. The molecule has 1 unspecified atom stereocenters. The summed E-state index contributed by atoms with van der Waals surface area (Å²) in [6.07, 6.45) is 3.97. The van der Waals surface area contributed by atoms with E-state index in [0.717, 1.165) is 55.8 Å². The molecule has 0 N–H and O–H groups in total. The fourth-order valence-corrected chi connectivity index (χ4v) is 3.99. The number of nitrogens with zero attached hydrogens (tertiary/aromatic N) is 1. The number of hydrogen-bond acceptors (Lipinski definition) is 4. The molecule has 2 fully saturated rings. The summed E-state index contributed by atoms with van der Waals surface area (Å²) in [5.74, 6) is 2.24. The van der Waals surface area contributed by atoms with E-state index in [1.54, 1.807) is 21.3 Å². The Hall–Kier alpha value is -1.75. The molecule has 132 valence electrons. The van der Waals surface area contributed by atoms with Gasteiger partial charge in [0.2, 0.25) is 5.91 Å². The maximum absolute atomic E-state index is 13.0. The summed E-state index contributed by atoms with van der Waals surface area (Å²) in [6, 6.07) is 5.88. The molecule has 1 aliphatic carbocycles. The molecular weight excluding hydrogens is 306 g/mol. The molecule has 1 atom stereocenters. The minimum Gasteiger partial charge on any atom is -0.497 e. The van der Waals surface area contributed by atoms with E-state index >= 15 is 0 Å². The standard InChI is InChI=1S/C19H27NO4/c1-22-13-19(8-4-9-19)18(21)20-10-7-14(12-20)16-11-15(23-2)5-6-17(16)24-3/h5-6,11,14H,4,7-10,12-13H2,1-3H3. The highest BCUT2D eigenvalue weighted by molar-refractivity contribution is 5.84. The molecule has 0 bridgehead atoms. The highest BCUT2D eigenvalue weighted by Gasteiger charge is 2.47. The van der Waals surface area contributed by atoms with Crippen LogP contribution in [0.3, 0.4) is 0 Å². The van der Waals surface area contributed by atoms with Gasteiger partial charge in [-0.3, -0.25) is 4.79 Å². The molecule has 24 heavy (non-hydrogen) atoms. The van der Waals surface area contributed by atoms with Crippen molar-refractivity contribution in [1.29, 1.82) is 0 Å². The molecule has 0 aromatic heterocycles. The molecular formula is C19H27NO4. The Kier molecular flexibility index (Phi) is 4.99. The van der Waals surface area contributed by atoms with Gasteiger partial charge in [-0.1, -0.05) is 6.42 Å². The van der Waals surface area contributed by atoms with Crippen LogP contribution in [-0.2, 0) is 9.53 Å². The first-order valence-electron chi connectivity index (χ1n) is 8.64. The highest BCUT2D eigenvalue weighted by atomic mass is 16.5. The highest BCUT2D eigenvalue weighted by Crippen LogP contribution is 2.44. The van der Waals surface area contributed by atoms with E-state index in [0.29, 0.717) is 12.5 Å². The zero-order valence-corrected chi connectivity index (χ0v) is 14.8. The Balaban J connectivity index is 1.75. The van der Waals surface area contributed by atoms with Crippen LogP contribution < -0.4 is 9.47 Å². The van der Waals surface area contributed by atoms with Crippen LogP contribution in [0.15, 0.2) is 18.2 Å². The van der Waals surface area contributed by atoms with Crippen LogP contribution in [0.1, 0.15) is 37.2 Å². The lowest BCUT2D eigenvalue weighted by atomic mass is 9.68. The Morgan fingerprint density at radius 1 is 1.25 bits per heavy atom. The second-order valence-corrected chi connectivity index (χ2v) is 6.91. The van der Waals surface area contributed by atoms with E-state index in [2.05, 4.69) is 0 Å². The fraction of sp³-hybridized carbons (Fsp3) is 0.632. The second kappa shape index (κ2) is 7.01. The predicted molar refractivity (Wildman–Crippen MR) is 91.6 cm³/mol. The lowest BCUT2D eigenvalue weighted by Crippen LogP contribution is -2.49. The van der Waals surface area contributed by atoms with E-state index in [4.69, 9.17) is 14.2 Å². The van der Waals surface area contributed by atoms with E-state index in [1.807, 2.05) is 23.1 Å². The SMILES string of the molecule is COCC1(C(=O)N2CCC(c3cc(OC)ccc3OC)C2)CCC1. The number of likely N-dealkylation sites (tertiary alicyclic amines) is 1. The van der Waals surface area contributed by atoms with Crippen molar-refractivity contribution >= 4 is 5.91 Å². The van der Waals surface area contributed by atoms with Crippen LogP contribution in [0, 0.1) is 5.41 Å². The molecule has 1 saturated carbocycles. The summed E-state index contributed by atoms with van der Waals surface area (Å²) in [5.41, 5.74) is 0.851. The zero-order chi connectivity index (χ0) is 17.2. The first-order chi connectivity index (χ1) is 11.6. The summed E-state index contributed by atoms with van der Waals surface area (Å²) >= 11 is 0. The second-order valence-electron chi connectivity index (χ2n) is 6.91. The largest absolute Gasteiger partial charge is 0.497 e. The molecule has 1 aromatic carbocycles. The summed E-state index contributed by atoms with van der Waals surface area (Å²) in [4.78, 5) is 15.0. The Bertz CT molecular complexity index is 597. The van der Waals surface area contributed by atoms with E-state index < -0.39 is 0 Å². The van der Waals surface area contributed by atoms with Crippen LogP contribution >= 0.6 is 0 Å². The van der Waals surface area contributed by atoms with Crippen molar-refractivity contribution in [3.8, 4) is 11.5 Å². The number of carbonyl (C=O) groups is 1. The van der Waals surface area contributed by atoms with Gasteiger partial charge in [0.15, 0.2) is 0 Å². The molecule has 1 saturated heterocycles. The molecule has 1 amide bonds. The van der Waals surface area contributed by atoms with Gasteiger partial charge in [-0.25, -0.2) is 0 Å². The van der Waals surface area contributed by atoms with Gasteiger partial charge in [0.25, 0.3) is 0 Å². The number of benzene rings is 1. The number of hydrogen-bond donors (Lipinski definition) is 0. The van der Waals surface area contributed by atoms with Gasteiger partial charge >= 0.3 is 0 Å². The first kappa shape index (κ1) is 17.1. The van der Waals surface area contributed by atoms with Crippen LogP contribution in [0.5, 0.6) is 11.5 Å². The molecule has 1 aromatic rings. The van der Waals surface area contributed by atoms with Crippen molar-refractivity contribution in [2.24, 2.45) is 5.41 Å². The van der Waals surface area contributed by atoms with Gasteiger partial charge in [-0.15, -0.1) is 0 Å². The molecule has 3 rings (SSSR count). The maximum atomic E-state index is 13.0. The van der Waals surface area contributed by atoms with Crippen molar-refractivity contribution in [3.63, 3.8) is 0 Å². The third-order valence-electron chi connectivity index (χ3n) is 5.54. The number of ether oxygens (including phenoxy) is 3. The molecule has 2 aliphatic rings. The van der Waals surface area contributed by atoms with E-state index in [-0.39, 0.29) is 11.3 Å². The Labute approximate surface area is 143 Å². The fourth-order valence-electron chi connectivity index (χ4n) is 3.99. The molecule has 0 spiro atoms. The van der Waals surface area contributed by atoms with Crippen LogP contribution in [-0.4, -0.2) is 51.8 Å². The van der Waals surface area contributed by atoms with Crippen LogP contribution in [0.25, 0.3) is 0 Å². The third kappa shape index (κ3) is 2.97. The van der Waals surface area contributed by atoms with Gasteiger partial charge in [-0.2, -0.15) is 0 Å². The quantitative estimate of drug-likeness (QED) is 0.803. The van der Waals surface area contributed by atoms with Gasteiger partial charge in [-0.05, 0) is 37.5 Å². The summed E-state index contributed by atoms with van der Waals surface area (Å²) in [7, 11) is 5.04. The van der Waals surface area contributed by atoms with E-state index in [1.165, 1.54) is 0 Å². The Morgan fingerprint density at radius 2 is 2.04 bits per heavy atom. The minimum atomic E-state index is -0.276. The first-order valence-corrected chi connectivity index (χ1v) is 8.64. The molecule has 5 heteroatoms. The minimum absolute atomic E-state index is 0.264. The lowest BCUT2D eigenvalue weighted by molar-refractivity contribution is -0.151. The number of carbonyl (C=O) groups excluding carboxylic acids is 1. The lowest BCUT2D eigenvalue weighted by Gasteiger charge is -2.42. The van der Waals surface area contributed by atoms with Gasteiger partial charge in [0, 0.05) is 31.7 Å². The average Bonchev–Trinajstić information content (AvgIpc) is 3.06. The number of amides is 1. The summed E-state index contributed by atoms with van der Waals surface area (Å²) in [5, 5.41) is 0. The molecule has 5 nitrogen and oxygen atoms in total. The third-order valence-corrected chi connectivity index (χ3v) is 5.54. The van der Waals surface area contributed by atoms with Gasteiger partial charge in [0.05, 0.1) is 26.2 Å². The van der Waals surface area contributed by atoms with Gasteiger partial charge in [0.1, 0.15) is 11.5 Å². The predicted octanol–water partition coefficient (Wildman–Crippen LogP) is 2.84. The molecule has 1 aliphatic heterocycles. The zero-order valence-electron chi connectivity index (χ0n) is 14.8. The Morgan fingerprint density at radius 3 is 2.62 bits per heavy atom.